The minimum absolute atomic E-state index is 0.0488. The van der Waals surface area contributed by atoms with Crippen LogP contribution in [-0.4, -0.2) is 17.4 Å². The van der Waals surface area contributed by atoms with E-state index >= 15 is 0 Å². The molecule has 1 aliphatic rings. The van der Waals surface area contributed by atoms with E-state index in [1.54, 1.807) is 6.20 Å². The first kappa shape index (κ1) is 12.9. The van der Waals surface area contributed by atoms with Gasteiger partial charge in [0.25, 0.3) is 5.91 Å². The van der Waals surface area contributed by atoms with Gasteiger partial charge >= 0.3 is 0 Å². The standard InChI is InChI=1S/C17H18N2O/c1-12-5-3-6-14-7-4-10-19(16(12)14)17(20)15-9-8-13(2)18-11-15/h3,5-6,8-9,11H,4,7,10H2,1-2H3. The van der Waals surface area contributed by atoms with Gasteiger partial charge in [-0.05, 0) is 49.9 Å². The molecule has 3 nitrogen and oxygen atoms in total. The zero-order chi connectivity index (χ0) is 14.1. The van der Waals surface area contributed by atoms with E-state index in [1.807, 2.05) is 24.0 Å². The van der Waals surface area contributed by atoms with Crippen molar-refractivity contribution in [3.63, 3.8) is 0 Å². The number of hydrogen-bond acceptors (Lipinski definition) is 2. The highest BCUT2D eigenvalue weighted by Crippen LogP contribution is 2.31. The van der Waals surface area contributed by atoms with Gasteiger partial charge in [-0.3, -0.25) is 9.78 Å². The molecule has 0 bridgehead atoms. The van der Waals surface area contributed by atoms with Crippen LogP contribution in [0.3, 0.4) is 0 Å². The van der Waals surface area contributed by atoms with Crippen molar-refractivity contribution < 1.29 is 4.79 Å². The first-order chi connectivity index (χ1) is 9.66. The van der Waals surface area contributed by atoms with Gasteiger partial charge in [-0.2, -0.15) is 0 Å². The van der Waals surface area contributed by atoms with E-state index in [9.17, 15) is 4.79 Å². The van der Waals surface area contributed by atoms with Gasteiger partial charge in [0.15, 0.2) is 0 Å². The molecule has 1 aromatic carbocycles. The molecule has 0 fully saturated rings. The van der Waals surface area contributed by atoms with Gasteiger partial charge in [-0.1, -0.05) is 18.2 Å². The number of benzene rings is 1. The van der Waals surface area contributed by atoms with Crippen LogP contribution in [-0.2, 0) is 6.42 Å². The molecule has 102 valence electrons. The number of carbonyl (C=O) groups excluding carboxylic acids is 1. The highest BCUT2D eigenvalue weighted by molar-refractivity contribution is 6.07. The van der Waals surface area contributed by atoms with E-state index < -0.39 is 0 Å². The fourth-order valence-electron chi connectivity index (χ4n) is 2.80. The third-order valence-electron chi connectivity index (χ3n) is 3.82. The van der Waals surface area contributed by atoms with Crippen molar-refractivity contribution in [3.8, 4) is 0 Å². The summed E-state index contributed by atoms with van der Waals surface area (Å²) in [5.74, 6) is 0.0488. The molecule has 0 saturated carbocycles. The normalized spacial score (nSPS) is 14.0. The molecular weight excluding hydrogens is 248 g/mol. The first-order valence-corrected chi connectivity index (χ1v) is 7.00. The Kier molecular flexibility index (Phi) is 3.26. The Bertz CT molecular complexity index is 647. The molecule has 3 rings (SSSR count). The topological polar surface area (TPSA) is 33.2 Å². The lowest BCUT2D eigenvalue weighted by Gasteiger charge is -2.31. The lowest BCUT2D eigenvalue weighted by Crippen LogP contribution is -2.36. The van der Waals surface area contributed by atoms with Crippen molar-refractivity contribution in [2.45, 2.75) is 26.7 Å². The van der Waals surface area contributed by atoms with Gasteiger partial charge in [0.1, 0.15) is 0 Å². The Morgan fingerprint density at radius 1 is 1.20 bits per heavy atom. The van der Waals surface area contributed by atoms with Gasteiger partial charge < -0.3 is 4.90 Å². The smallest absolute Gasteiger partial charge is 0.259 e. The Morgan fingerprint density at radius 3 is 2.80 bits per heavy atom. The lowest BCUT2D eigenvalue weighted by atomic mass is 9.97. The third kappa shape index (κ3) is 2.20. The number of para-hydroxylation sites is 1. The molecule has 0 atom stereocenters. The SMILES string of the molecule is Cc1ccc(C(=O)N2CCCc3cccc(C)c32)cn1. The maximum Gasteiger partial charge on any atom is 0.259 e. The van der Waals surface area contributed by atoms with Crippen molar-refractivity contribution in [1.82, 2.24) is 4.98 Å². The van der Waals surface area contributed by atoms with Crippen molar-refractivity contribution >= 4 is 11.6 Å². The van der Waals surface area contributed by atoms with E-state index in [-0.39, 0.29) is 5.91 Å². The summed E-state index contributed by atoms with van der Waals surface area (Å²) >= 11 is 0. The van der Waals surface area contributed by atoms with Gasteiger partial charge in [0, 0.05) is 18.4 Å². The number of amides is 1. The molecule has 0 spiro atoms. The molecule has 1 amide bonds. The number of fused-ring (bicyclic) bond motifs is 1. The summed E-state index contributed by atoms with van der Waals surface area (Å²) in [4.78, 5) is 18.8. The molecule has 0 aliphatic carbocycles. The number of hydrogen-bond donors (Lipinski definition) is 0. The van der Waals surface area contributed by atoms with Gasteiger partial charge in [-0.15, -0.1) is 0 Å². The van der Waals surface area contributed by atoms with Crippen LogP contribution in [0.25, 0.3) is 0 Å². The Hall–Kier alpha value is -2.16. The molecule has 0 saturated heterocycles. The Balaban J connectivity index is 2.00. The monoisotopic (exact) mass is 266 g/mol. The second kappa shape index (κ2) is 5.08. The lowest BCUT2D eigenvalue weighted by molar-refractivity contribution is 0.0984. The predicted molar refractivity (Wildman–Crippen MR) is 80.2 cm³/mol. The molecule has 20 heavy (non-hydrogen) atoms. The molecule has 0 radical (unpaired) electrons. The van der Waals surface area contributed by atoms with Crippen molar-refractivity contribution in [2.75, 3.05) is 11.4 Å². The van der Waals surface area contributed by atoms with E-state index in [4.69, 9.17) is 0 Å². The number of anilines is 1. The summed E-state index contributed by atoms with van der Waals surface area (Å²) < 4.78 is 0. The average Bonchev–Trinajstić information content (AvgIpc) is 2.47. The summed E-state index contributed by atoms with van der Waals surface area (Å²) in [6.45, 7) is 4.77. The molecule has 2 aromatic rings. The summed E-state index contributed by atoms with van der Waals surface area (Å²) in [7, 11) is 0. The molecule has 0 unspecified atom stereocenters. The van der Waals surface area contributed by atoms with Crippen LogP contribution < -0.4 is 4.90 Å². The van der Waals surface area contributed by atoms with Crippen molar-refractivity contribution in [3.05, 3.63) is 58.9 Å². The first-order valence-electron chi connectivity index (χ1n) is 7.00. The quantitative estimate of drug-likeness (QED) is 0.793. The molecule has 1 aliphatic heterocycles. The van der Waals surface area contributed by atoms with Gasteiger partial charge in [-0.25, -0.2) is 0 Å². The van der Waals surface area contributed by atoms with E-state index in [1.165, 1.54) is 5.56 Å². The summed E-state index contributed by atoms with van der Waals surface area (Å²) in [5, 5.41) is 0. The third-order valence-corrected chi connectivity index (χ3v) is 3.82. The van der Waals surface area contributed by atoms with Crippen molar-refractivity contribution in [2.24, 2.45) is 0 Å². The van der Waals surface area contributed by atoms with Crippen LogP contribution in [0.2, 0.25) is 0 Å². The van der Waals surface area contributed by atoms with Crippen LogP contribution in [0.15, 0.2) is 36.5 Å². The summed E-state index contributed by atoms with van der Waals surface area (Å²) in [6, 6.07) is 10.00. The predicted octanol–water partition coefficient (Wildman–Crippen LogP) is 3.29. The van der Waals surface area contributed by atoms with Crippen LogP contribution in [0, 0.1) is 13.8 Å². The Labute approximate surface area is 119 Å². The largest absolute Gasteiger partial charge is 0.308 e. The maximum absolute atomic E-state index is 12.7. The second-order valence-electron chi connectivity index (χ2n) is 5.33. The zero-order valence-electron chi connectivity index (χ0n) is 11.9. The molecular formula is C17H18N2O. The molecule has 1 aromatic heterocycles. The molecule has 3 heteroatoms. The van der Waals surface area contributed by atoms with Gasteiger partial charge in [0.2, 0.25) is 0 Å². The average molecular weight is 266 g/mol. The van der Waals surface area contributed by atoms with Crippen LogP contribution in [0.5, 0.6) is 0 Å². The summed E-state index contributed by atoms with van der Waals surface area (Å²) in [5.41, 5.74) is 5.10. The number of carbonyl (C=O) groups is 1. The highest BCUT2D eigenvalue weighted by atomic mass is 16.2. The summed E-state index contributed by atoms with van der Waals surface area (Å²) in [6.07, 6.45) is 3.73. The van der Waals surface area contributed by atoms with Crippen molar-refractivity contribution in [1.29, 1.82) is 0 Å². The van der Waals surface area contributed by atoms with Crippen LogP contribution >= 0.6 is 0 Å². The Morgan fingerprint density at radius 2 is 2.05 bits per heavy atom. The molecule has 0 N–H and O–H groups in total. The number of aryl methyl sites for hydroxylation is 3. The van der Waals surface area contributed by atoms with E-state index in [0.717, 1.165) is 36.3 Å². The number of aromatic nitrogens is 1. The second-order valence-corrected chi connectivity index (χ2v) is 5.33. The minimum Gasteiger partial charge on any atom is -0.308 e. The zero-order valence-corrected chi connectivity index (χ0v) is 11.9. The van der Waals surface area contributed by atoms with Gasteiger partial charge in [0.05, 0.1) is 11.3 Å². The van der Waals surface area contributed by atoms with E-state index in [0.29, 0.717) is 5.56 Å². The van der Waals surface area contributed by atoms with Crippen LogP contribution in [0.4, 0.5) is 5.69 Å². The fourth-order valence-corrected chi connectivity index (χ4v) is 2.80. The number of nitrogens with zero attached hydrogens (tertiary/aromatic N) is 2. The van der Waals surface area contributed by atoms with E-state index in [2.05, 4.69) is 30.1 Å². The molecule has 2 heterocycles. The highest BCUT2D eigenvalue weighted by Gasteiger charge is 2.24. The fraction of sp³-hybridized carbons (Fsp3) is 0.294. The van der Waals surface area contributed by atoms with Crippen LogP contribution in [0.1, 0.15) is 33.6 Å². The number of pyridine rings is 1. The minimum atomic E-state index is 0.0488. The maximum atomic E-state index is 12.7. The number of rotatable bonds is 1.